The van der Waals surface area contributed by atoms with Crippen LogP contribution in [0.25, 0.3) is 16.6 Å². The van der Waals surface area contributed by atoms with Crippen LogP contribution in [-0.4, -0.2) is 58.7 Å². The van der Waals surface area contributed by atoms with Gasteiger partial charge in [0, 0.05) is 49.3 Å². The maximum atomic E-state index is 12.5. The van der Waals surface area contributed by atoms with E-state index in [2.05, 4.69) is 25.7 Å². The molecule has 1 saturated carbocycles. The summed E-state index contributed by atoms with van der Waals surface area (Å²) in [7, 11) is 1.59. The van der Waals surface area contributed by atoms with Crippen LogP contribution in [0.3, 0.4) is 0 Å². The van der Waals surface area contributed by atoms with E-state index in [1.54, 1.807) is 31.6 Å². The second-order valence-electron chi connectivity index (χ2n) is 9.99. The molecule has 3 heterocycles. The van der Waals surface area contributed by atoms with Crippen LogP contribution in [0.15, 0.2) is 60.0 Å². The number of pyridine rings is 1. The van der Waals surface area contributed by atoms with E-state index >= 15 is 0 Å². The Balaban J connectivity index is 1.53. The number of nitrogens with one attached hydrogen (secondary N) is 2. The SMILES string of the molecule is COCCNC(=O)c1cc(C)c(-c2cc3c(N[C@@H]4CC[C@H](N)C4)c(C(N)=Nc4ccccc4Cl)cnn3c2)cn1. The standard InChI is InChI=1S/C29H33ClN8O2/c1-17-11-25(29(39)33-9-10-40-2)34-14-21(17)18-12-26-27(36-20-8-7-19(31)13-20)22(15-35-38(26)16-18)28(32)37-24-6-4-3-5-23(24)30/h3-6,11-12,14-16,19-20,36H,7-10,13,31H2,1-2H3,(H2,32,37)(H,33,39)/t19-,20+/m0/s1. The van der Waals surface area contributed by atoms with Gasteiger partial charge in [-0.05, 0) is 56.0 Å². The molecule has 1 aliphatic rings. The van der Waals surface area contributed by atoms with Crippen molar-refractivity contribution in [1.82, 2.24) is 19.9 Å². The van der Waals surface area contributed by atoms with Crippen LogP contribution in [0.1, 0.15) is 40.9 Å². The Morgan fingerprint density at radius 3 is 2.80 bits per heavy atom. The van der Waals surface area contributed by atoms with Gasteiger partial charge in [-0.1, -0.05) is 23.7 Å². The number of halogens is 1. The minimum absolute atomic E-state index is 0.161. The van der Waals surface area contributed by atoms with Gasteiger partial charge < -0.3 is 26.8 Å². The summed E-state index contributed by atoms with van der Waals surface area (Å²) in [5.41, 5.74) is 18.8. The fraction of sp³-hybridized carbons (Fsp3) is 0.310. The molecule has 0 saturated heterocycles. The van der Waals surface area contributed by atoms with Crippen molar-refractivity contribution in [2.24, 2.45) is 16.5 Å². The van der Waals surface area contributed by atoms with Gasteiger partial charge in [0.15, 0.2) is 0 Å². The molecule has 1 amide bonds. The van der Waals surface area contributed by atoms with Gasteiger partial charge in [0.1, 0.15) is 11.5 Å². The minimum atomic E-state index is -0.241. The number of anilines is 1. The van der Waals surface area contributed by atoms with E-state index in [9.17, 15) is 4.79 Å². The van der Waals surface area contributed by atoms with Crippen molar-refractivity contribution in [2.75, 3.05) is 25.6 Å². The first-order chi connectivity index (χ1) is 19.3. The first-order valence-corrected chi connectivity index (χ1v) is 13.6. The molecule has 6 N–H and O–H groups in total. The molecule has 1 fully saturated rings. The Hall–Kier alpha value is -3.99. The molecule has 1 aromatic carbocycles. The van der Waals surface area contributed by atoms with Crippen molar-refractivity contribution in [2.45, 2.75) is 38.3 Å². The van der Waals surface area contributed by atoms with Gasteiger partial charge >= 0.3 is 0 Å². The summed E-state index contributed by atoms with van der Waals surface area (Å²) in [5.74, 6) is 0.0620. The van der Waals surface area contributed by atoms with Crippen molar-refractivity contribution in [3.8, 4) is 11.1 Å². The maximum absolute atomic E-state index is 12.5. The molecular weight excluding hydrogens is 528 g/mol. The molecule has 11 heteroatoms. The Kier molecular flexibility index (Phi) is 8.29. The zero-order chi connectivity index (χ0) is 28.2. The van der Waals surface area contributed by atoms with Crippen LogP contribution in [0.5, 0.6) is 0 Å². The van der Waals surface area contributed by atoms with Gasteiger partial charge in [-0.2, -0.15) is 5.10 Å². The van der Waals surface area contributed by atoms with Crippen molar-refractivity contribution in [3.63, 3.8) is 0 Å². The number of carbonyl (C=O) groups is 1. The number of ether oxygens (including phenoxy) is 1. The third kappa shape index (κ3) is 5.94. The van der Waals surface area contributed by atoms with E-state index in [0.717, 1.165) is 47.2 Å². The van der Waals surface area contributed by atoms with E-state index in [1.807, 2.05) is 41.9 Å². The number of amides is 1. The Bertz CT molecular complexity index is 1570. The molecule has 0 bridgehead atoms. The summed E-state index contributed by atoms with van der Waals surface area (Å²) in [6.07, 6.45) is 8.14. The summed E-state index contributed by atoms with van der Waals surface area (Å²) < 4.78 is 6.81. The molecule has 40 heavy (non-hydrogen) atoms. The normalized spacial score (nSPS) is 17.4. The van der Waals surface area contributed by atoms with Crippen molar-refractivity contribution in [1.29, 1.82) is 0 Å². The van der Waals surface area contributed by atoms with Crippen LogP contribution >= 0.6 is 11.6 Å². The fourth-order valence-corrected chi connectivity index (χ4v) is 5.15. The highest BCUT2D eigenvalue weighted by molar-refractivity contribution is 6.33. The third-order valence-electron chi connectivity index (χ3n) is 7.07. The lowest BCUT2D eigenvalue weighted by Crippen LogP contribution is -2.27. The average Bonchev–Trinajstić information content (AvgIpc) is 3.56. The van der Waals surface area contributed by atoms with E-state index in [4.69, 9.17) is 27.8 Å². The van der Waals surface area contributed by atoms with E-state index in [0.29, 0.717) is 41.0 Å². The Morgan fingerprint density at radius 1 is 1.25 bits per heavy atom. The number of benzene rings is 1. The highest BCUT2D eigenvalue weighted by atomic mass is 35.5. The lowest BCUT2D eigenvalue weighted by Gasteiger charge is -2.18. The zero-order valence-corrected chi connectivity index (χ0v) is 23.3. The van der Waals surface area contributed by atoms with Gasteiger partial charge in [0.05, 0.1) is 40.3 Å². The predicted octanol–water partition coefficient (Wildman–Crippen LogP) is 4.06. The molecule has 5 rings (SSSR count). The molecule has 10 nitrogen and oxygen atoms in total. The molecule has 0 unspecified atom stereocenters. The molecule has 4 aromatic rings. The van der Waals surface area contributed by atoms with Crippen LogP contribution in [-0.2, 0) is 4.74 Å². The monoisotopic (exact) mass is 560 g/mol. The summed E-state index contributed by atoms with van der Waals surface area (Å²) in [6.45, 7) is 2.81. The summed E-state index contributed by atoms with van der Waals surface area (Å²) in [6, 6.07) is 11.5. The first-order valence-electron chi connectivity index (χ1n) is 13.2. The number of methoxy groups -OCH3 is 1. The quantitative estimate of drug-likeness (QED) is 0.137. The lowest BCUT2D eigenvalue weighted by atomic mass is 10.0. The number of rotatable bonds is 9. The average molecular weight is 561 g/mol. The molecule has 2 atom stereocenters. The number of nitrogens with two attached hydrogens (primary N) is 2. The Labute approximate surface area is 237 Å². The van der Waals surface area contributed by atoms with Gasteiger partial charge in [-0.25, -0.2) is 9.51 Å². The molecule has 208 valence electrons. The topological polar surface area (TPSA) is 145 Å². The van der Waals surface area contributed by atoms with Crippen LogP contribution in [0, 0.1) is 6.92 Å². The number of aryl methyl sites for hydroxylation is 1. The third-order valence-corrected chi connectivity index (χ3v) is 7.39. The largest absolute Gasteiger partial charge is 0.383 e. The number of amidine groups is 1. The van der Waals surface area contributed by atoms with Gasteiger partial charge in [-0.3, -0.25) is 9.78 Å². The van der Waals surface area contributed by atoms with Crippen LogP contribution in [0.2, 0.25) is 5.02 Å². The number of hydrogen-bond donors (Lipinski definition) is 4. The first kappa shape index (κ1) is 27.6. The number of aromatic nitrogens is 3. The minimum Gasteiger partial charge on any atom is -0.383 e. The maximum Gasteiger partial charge on any atom is 0.269 e. The number of carbonyl (C=O) groups excluding carboxylic acids is 1. The molecular formula is C29H33ClN8O2. The summed E-state index contributed by atoms with van der Waals surface area (Å²) in [4.78, 5) is 21.5. The zero-order valence-electron chi connectivity index (χ0n) is 22.5. The van der Waals surface area contributed by atoms with Gasteiger partial charge in [-0.15, -0.1) is 0 Å². The number of fused-ring (bicyclic) bond motifs is 1. The van der Waals surface area contributed by atoms with E-state index in [1.165, 1.54) is 0 Å². The number of aliphatic imine (C=N–C) groups is 1. The second-order valence-corrected chi connectivity index (χ2v) is 10.4. The van der Waals surface area contributed by atoms with Gasteiger partial charge in [0.25, 0.3) is 5.91 Å². The molecule has 3 aromatic heterocycles. The van der Waals surface area contributed by atoms with E-state index in [-0.39, 0.29) is 18.0 Å². The highest BCUT2D eigenvalue weighted by Gasteiger charge is 2.25. The van der Waals surface area contributed by atoms with Crippen molar-refractivity contribution < 1.29 is 9.53 Å². The molecule has 0 aliphatic heterocycles. The molecule has 1 aliphatic carbocycles. The fourth-order valence-electron chi connectivity index (χ4n) is 4.97. The van der Waals surface area contributed by atoms with Crippen LogP contribution in [0.4, 0.5) is 11.4 Å². The van der Waals surface area contributed by atoms with Crippen LogP contribution < -0.4 is 22.1 Å². The van der Waals surface area contributed by atoms with Crippen molar-refractivity contribution >= 4 is 40.2 Å². The molecule has 0 spiro atoms. The number of para-hydroxylation sites is 1. The number of hydrogen-bond acceptors (Lipinski definition) is 7. The second kappa shape index (κ2) is 12.0. The Morgan fingerprint density at radius 2 is 2.08 bits per heavy atom. The summed E-state index contributed by atoms with van der Waals surface area (Å²) in [5, 5.41) is 11.6. The lowest BCUT2D eigenvalue weighted by molar-refractivity contribution is 0.0932. The predicted molar refractivity (Wildman–Crippen MR) is 158 cm³/mol. The van der Waals surface area contributed by atoms with Gasteiger partial charge in [0.2, 0.25) is 0 Å². The smallest absolute Gasteiger partial charge is 0.269 e. The number of nitrogens with zero attached hydrogens (tertiary/aromatic N) is 4. The van der Waals surface area contributed by atoms with Crippen molar-refractivity contribution in [3.05, 3.63) is 76.8 Å². The highest BCUT2D eigenvalue weighted by Crippen LogP contribution is 2.33. The van der Waals surface area contributed by atoms with E-state index < -0.39 is 0 Å². The molecule has 0 radical (unpaired) electrons. The summed E-state index contributed by atoms with van der Waals surface area (Å²) >= 11 is 6.34.